The third-order valence-corrected chi connectivity index (χ3v) is 8.79. The molecule has 1 saturated heterocycles. The van der Waals surface area contributed by atoms with Crippen LogP contribution in [-0.2, 0) is 11.3 Å². The molecule has 2 nitrogen and oxygen atoms in total. The molecule has 0 radical (unpaired) electrons. The van der Waals surface area contributed by atoms with Crippen LogP contribution < -0.4 is 0 Å². The topological polar surface area (TPSA) is 12.5 Å². The van der Waals surface area contributed by atoms with E-state index in [4.69, 9.17) is 4.74 Å². The Morgan fingerprint density at radius 2 is 2.12 bits per heavy atom. The first kappa shape index (κ1) is 12.9. The van der Waals surface area contributed by atoms with Gasteiger partial charge in [0.2, 0.25) is 0 Å². The number of hydrogen-bond acceptors (Lipinski definition) is 3. The summed E-state index contributed by atoms with van der Waals surface area (Å²) in [6.45, 7) is 4.99. The number of hydrogen-bond donors (Lipinski definition) is 0. The third-order valence-electron chi connectivity index (χ3n) is 2.84. The Balaban J connectivity index is 1.84. The molecule has 0 aliphatic carbocycles. The summed E-state index contributed by atoms with van der Waals surface area (Å²) >= 11 is 9.71. The molecule has 3 rings (SSSR count). The maximum atomic E-state index is 5.39. The van der Waals surface area contributed by atoms with E-state index in [0.29, 0.717) is 14.5 Å². The van der Waals surface area contributed by atoms with Gasteiger partial charge in [0.25, 0.3) is 0 Å². The van der Waals surface area contributed by atoms with Crippen molar-refractivity contribution in [1.29, 1.82) is 0 Å². The summed E-state index contributed by atoms with van der Waals surface area (Å²) in [5.41, 5.74) is 0. The number of rotatable bonds is 2. The normalized spacial score (nSPS) is 18.0. The molecule has 0 saturated carbocycles. The van der Waals surface area contributed by atoms with Crippen LogP contribution >= 0.6 is 43.2 Å². The van der Waals surface area contributed by atoms with Crippen LogP contribution in [0.3, 0.4) is 0 Å². The zero-order valence-electron chi connectivity index (χ0n) is 9.04. The first-order chi connectivity index (χ1) is 8.24. The van der Waals surface area contributed by atoms with Crippen molar-refractivity contribution in [2.24, 2.45) is 0 Å². The van der Waals surface area contributed by atoms with Crippen molar-refractivity contribution in [2.75, 3.05) is 26.3 Å². The van der Waals surface area contributed by atoms with Crippen LogP contribution in [0.15, 0.2) is 14.3 Å². The van der Waals surface area contributed by atoms with Crippen molar-refractivity contribution < 1.29 is 4.74 Å². The summed E-state index contributed by atoms with van der Waals surface area (Å²) in [7, 11) is 0. The van der Waals surface area contributed by atoms with Crippen LogP contribution in [0.1, 0.15) is 4.44 Å². The summed E-state index contributed by atoms with van der Waals surface area (Å²) in [4.78, 5) is 2.49. The van der Waals surface area contributed by atoms with E-state index in [1.54, 1.807) is 8.01 Å². The first-order valence-corrected chi connectivity index (χ1v) is 9.52. The molecule has 0 aromatic carbocycles. The van der Waals surface area contributed by atoms with Crippen LogP contribution in [0.5, 0.6) is 0 Å². The third kappa shape index (κ3) is 2.73. The van der Waals surface area contributed by atoms with Gasteiger partial charge in [-0.3, -0.25) is 0 Å². The summed E-state index contributed by atoms with van der Waals surface area (Å²) in [6, 6.07) is 2.23. The molecule has 0 bridgehead atoms. The summed E-state index contributed by atoms with van der Waals surface area (Å²) in [5.74, 6) is 0. The molecular formula is C11H11Br2NOSSe. The Hall–Kier alpha value is 0.839. The van der Waals surface area contributed by atoms with Crippen molar-refractivity contribution >= 4 is 66.7 Å². The first-order valence-electron chi connectivity index (χ1n) is 5.40. The molecular weight excluding hydrogens is 433 g/mol. The molecule has 0 atom stereocenters. The van der Waals surface area contributed by atoms with Gasteiger partial charge in [-0.05, 0) is 0 Å². The van der Waals surface area contributed by atoms with E-state index in [0.717, 1.165) is 32.8 Å². The van der Waals surface area contributed by atoms with E-state index in [-0.39, 0.29) is 0 Å². The number of halogens is 2. The zero-order valence-corrected chi connectivity index (χ0v) is 14.7. The number of morpholine rings is 1. The molecule has 6 heteroatoms. The van der Waals surface area contributed by atoms with Gasteiger partial charge in [-0.2, -0.15) is 0 Å². The van der Waals surface area contributed by atoms with E-state index >= 15 is 0 Å². The molecule has 1 aliphatic rings. The van der Waals surface area contributed by atoms with Crippen molar-refractivity contribution in [2.45, 2.75) is 6.54 Å². The SMILES string of the molecule is Brc1cc2c(Br)c(CN3CCOCC3)[se]c2s1. The van der Waals surface area contributed by atoms with Gasteiger partial charge >= 0.3 is 128 Å². The van der Waals surface area contributed by atoms with Crippen LogP contribution in [0.2, 0.25) is 0 Å². The molecule has 2 aromatic rings. The number of ether oxygens (including phenoxy) is 1. The van der Waals surface area contributed by atoms with E-state index in [9.17, 15) is 0 Å². The minimum atomic E-state index is 0.503. The Morgan fingerprint density at radius 1 is 1.35 bits per heavy atom. The quantitative estimate of drug-likeness (QED) is 0.660. The molecule has 3 heterocycles. The number of fused-ring (bicyclic) bond motifs is 1. The second-order valence-corrected chi connectivity index (χ2v) is 10.1. The van der Waals surface area contributed by atoms with Gasteiger partial charge in [0.15, 0.2) is 0 Å². The van der Waals surface area contributed by atoms with Crippen LogP contribution in [0.25, 0.3) is 8.96 Å². The number of thiophene rings is 1. The number of nitrogens with zero attached hydrogens (tertiary/aromatic N) is 1. The Labute approximate surface area is 127 Å². The average molecular weight is 444 g/mol. The van der Waals surface area contributed by atoms with Gasteiger partial charge in [-0.25, -0.2) is 0 Å². The van der Waals surface area contributed by atoms with E-state index in [1.165, 1.54) is 13.6 Å². The Bertz CT molecular complexity index is 533. The van der Waals surface area contributed by atoms with Crippen molar-refractivity contribution in [3.63, 3.8) is 0 Å². The summed E-state index contributed by atoms with van der Waals surface area (Å²) < 4.78 is 11.1. The molecule has 2 aromatic heterocycles. The monoisotopic (exact) mass is 443 g/mol. The van der Waals surface area contributed by atoms with Crippen LogP contribution in [-0.4, -0.2) is 45.7 Å². The molecule has 17 heavy (non-hydrogen) atoms. The molecule has 0 amide bonds. The Kier molecular flexibility index (Phi) is 4.12. The van der Waals surface area contributed by atoms with Gasteiger partial charge in [0.1, 0.15) is 0 Å². The van der Waals surface area contributed by atoms with E-state index < -0.39 is 0 Å². The predicted molar refractivity (Wildman–Crippen MR) is 80.3 cm³/mol. The average Bonchev–Trinajstić information content (AvgIpc) is 2.81. The van der Waals surface area contributed by atoms with Gasteiger partial charge in [-0.15, -0.1) is 0 Å². The standard InChI is InChI=1S/C11H11Br2NOSSe/c12-9-5-7-10(13)8(17-11(7)16-9)6-14-1-3-15-4-2-14/h5H,1-4,6H2. The second-order valence-electron chi connectivity index (χ2n) is 3.98. The van der Waals surface area contributed by atoms with E-state index in [2.05, 4.69) is 42.8 Å². The molecule has 0 spiro atoms. The summed E-state index contributed by atoms with van der Waals surface area (Å²) in [6.07, 6.45) is 0. The molecule has 1 fully saturated rings. The second kappa shape index (κ2) is 5.45. The van der Waals surface area contributed by atoms with Crippen LogP contribution in [0, 0.1) is 0 Å². The minimum absolute atomic E-state index is 0.503. The molecule has 0 unspecified atom stereocenters. The molecule has 0 N–H and O–H groups in total. The van der Waals surface area contributed by atoms with Gasteiger partial charge in [0, 0.05) is 0 Å². The fourth-order valence-corrected chi connectivity index (χ4v) is 8.66. The molecule has 92 valence electrons. The summed E-state index contributed by atoms with van der Waals surface area (Å²) in [5, 5.41) is 1.41. The van der Waals surface area contributed by atoms with Crippen molar-refractivity contribution in [3.8, 4) is 0 Å². The van der Waals surface area contributed by atoms with Gasteiger partial charge in [-0.1, -0.05) is 0 Å². The fraction of sp³-hybridized carbons (Fsp3) is 0.455. The predicted octanol–water partition coefficient (Wildman–Crippen LogP) is 3.32. The van der Waals surface area contributed by atoms with Crippen LogP contribution in [0.4, 0.5) is 0 Å². The van der Waals surface area contributed by atoms with Gasteiger partial charge < -0.3 is 0 Å². The van der Waals surface area contributed by atoms with Gasteiger partial charge in [0.05, 0.1) is 0 Å². The molecule has 1 aliphatic heterocycles. The van der Waals surface area contributed by atoms with E-state index in [1.807, 2.05) is 11.3 Å². The fourth-order valence-electron chi connectivity index (χ4n) is 1.95. The maximum absolute atomic E-state index is 5.39. The van der Waals surface area contributed by atoms with Crippen molar-refractivity contribution in [3.05, 3.63) is 18.8 Å². The zero-order chi connectivity index (χ0) is 11.8. The Morgan fingerprint density at radius 3 is 2.82 bits per heavy atom. The van der Waals surface area contributed by atoms with Crippen molar-refractivity contribution in [1.82, 2.24) is 4.90 Å².